The zero-order valence-electron chi connectivity index (χ0n) is 17.2. The van der Waals surface area contributed by atoms with Gasteiger partial charge in [-0.05, 0) is 27.7 Å². The summed E-state index contributed by atoms with van der Waals surface area (Å²) in [5, 5.41) is 0. The lowest BCUT2D eigenvalue weighted by Gasteiger charge is -2.33. The van der Waals surface area contributed by atoms with E-state index in [0.717, 1.165) is 16.6 Å². The Morgan fingerprint density at radius 2 is 1.83 bits per heavy atom. The Morgan fingerprint density at radius 3 is 2.34 bits per heavy atom. The van der Waals surface area contributed by atoms with Crippen molar-refractivity contribution in [1.82, 2.24) is 14.5 Å². The monoisotopic (exact) mass is 411 g/mol. The van der Waals surface area contributed by atoms with Crippen LogP contribution in [0.4, 0.5) is 4.79 Å². The molecule has 1 aromatic rings. The predicted molar refractivity (Wildman–Crippen MR) is 99.1 cm³/mol. The lowest BCUT2D eigenvalue weighted by atomic mass is 10.2. The number of esters is 2. The molecule has 2 heterocycles. The molecule has 11 heteroatoms. The lowest BCUT2D eigenvalue weighted by molar-refractivity contribution is -0.149. The van der Waals surface area contributed by atoms with Gasteiger partial charge >= 0.3 is 23.7 Å². The number of aryl methyl sites for hydroxylation is 1. The number of hydrogen-bond acceptors (Lipinski definition) is 8. The van der Waals surface area contributed by atoms with Crippen LogP contribution in [0.5, 0.6) is 0 Å². The molecule has 160 valence electrons. The number of methoxy groups -OCH3 is 1. The first kappa shape index (κ1) is 22.2. The molecule has 1 fully saturated rings. The molecule has 1 saturated heterocycles. The van der Waals surface area contributed by atoms with E-state index in [9.17, 15) is 24.0 Å². The molecule has 1 aromatic heterocycles. The number of carbonyl (C=O) groups is 3. The Morgan fingerprint density at radius 1 is 1.21 bits per heavy atom. The number of likely N-dealkylation sites (tertiary alicyclic amines) is 1. The Kier molecular flexibility index (Phi) is 6.19. The van der Waals surface area contributed by atoms with E-state index in [4.69, 9.17) is 14.2 Å². The minimum atomic E-state index is -1.22. The number of carbonyl (C=O) groups excluding carboxylic acids is 3. The van der Waals surface area contributed by atoms with Crippen molar-refractivity contribution in [3.8, 4) is 0 Å². The van der Waals surface area contributed by atoms with Gasteiger partial charge in [0.15, 0.2) is 6.17 Å². The van der Waals surface area contributed by atoms with Gasteiger partial charge in [-0.2, -0.15) is 0 Å². The lowest BCUT2D eigenvalue weighted by Crippen LogP contribution is -2.49. The second kappa shape index (κ2) is 8.10. The van der Waals surface area contributed by atoms with Gasteiger partial charge in [0, 0.05) is 25.1 Å². The second-order valence-corrected chi connectivity index (χ2v) is 7.70. The standard InChI is InChI=1S/C18H25N3O8/c1-9-8-20(16(25)19-13(9)23)14-12(28-10(2)22)7-11(15(24)27-6)21(14)17(26)29-18(3,4)5/h8,11-12,14H,7H2,1-6H3,(H,19,23,25)/t11-,12+,14+/m0/s1. The van der Waals surface area contributed by atoms with Crippen molar-refractivity contribution in [2.75, 3.05) is 7.11 Å². The molecule has 1 aliphatic rings. The first-order valence-electron chi connectivity index (χ1n) is 8.94. The van der Waals surface area contributed by atoms with E-state index in [1.54, 1.807) is 20.8 Å². The average Bonchev–Trinajstić information content (AvgIpc) is 2.94. The number of ether oxygens (including phenoxy) is 3. The summed E-state index contributed by atoms with van der Waals surface area (Å²) in [6.45, 7) is 7.57. The third kappa shape index (κ3) is 4.84. The molecule has 0 saturated carbocycles. The number of rotatable bonds is 3. The zero-order chi connectivity index (χ0) is 22.1. The van der Waals surface area contributed by atoms with Gasteiger partial charge in [0.1, 0.15) is 17.7 Å². The average molecular weight is 411 g/mol. The highest BCUT2D eigenvalue weighted by Gasteiger charge is 2.52. The van der Waals surface area contributed by atoms with Gasteiger partial charge in [0.05, 0.1) is 7.11 Å². The second-order valence-electron chi connectivity index (χ2n) is 7.70. The number of nitrogens with one attached hydrogen (secondary N) is 1. The summed E-state index contributed by atoms with van der Waals surface area (Å²) in [7, 11) is 1.15. The summed E-state index contributed by atoms with van der Waals surface area (Å²) in [6.07, 6.45) is -2.04. The van der Waals surface area contributed by atoms with E-state index in [1.807, 2.05) is 0 Å². The van der Waals surface area contributed by atoms with Gasteiger partial charge in [-0.1, -0.05) is 0 Å². The summed E-state index contributed by atoms with van der Waals surface area (Å²) in [5.41, 5.74) is -2.13. The SMILES string of the molecule is COC(=O)[C@@H]1C[C@@H](OC(C)=O)[C@H](n2cc(C)c(=O)[nH]c2=O)N1C(=O)OC(C)(C)C. The van der Waals surface area contributed by atoms with Crippen LogP contribution in [-0.2, 0) is 23.8 Å². The smallest absolute Gasteiger partial charge is 0.412 e. The van der Waals surface area contributed by atoms with E-state index in [0.29, 0.717) is 0 Å². The maximum Gasteiger partial charge on any atom is 0.412 e. The van der Waals surface area contributed by atoms with E-state index < -0.39 is 53.2 Å². The molecule has 0 radical (unpaired) electrons. The summed E-state index contributed by atoms with van der Waals surface area (Å²) >= 11 is 0. The van der Waals surface area contributed by atoms with Gasteiger partial charge in [-0.25, -0.2) is 14.4 Å². The molecule has 29 heavy (non-hydrogen) atoms. The minimum Gasteiger partial charge on any atom is -0.467 e. The van der Waals surface area contributed by atoms with Crippen molar-refractivity contribution in [3.63, 3.8) is 0 Å². The maximum absolute atomic E-state index is 12.9. The van der Waals surface area contributed by atoms with E-state index in [2.05, 4.69) is 4.98 Å². The fourth-order valence-electron chi connectivity index (χ4n) is 3.13. The first-order valence-corrected chi connectivity index (χ1v) is 8.94. The van der Waals surface area contributed by atoms with Crippen molar-refractivity contribution in [1.29, 1.82) is 0 Å². The molecular weight excluding hydrogens is 386 g/mol. The van der Waals surface area contributed by atoms with Gasteiger partial charge in [-0.15, -0.1) is 0 Å². The van der Waals surface area contributed by atoms with Crippen molar-refractivity contribution in [2.24, 2.45) is 0 Å². The molecule has 0 aliphatic carbocycles. The molecule has 3 atom stereocenters. The van der Waals surface area contributed by atoms with Crippen molar-refractivity contribution < 1.29 is 28.6 Å². The van der Waals surface area contributed by atoms with E-state index in [-0.39, 0.29) is 12.0 Å². The largest absolute Gasteiger partial charge is 0.467 e. The van der Waals surface area contributed by atoms with E-state index >= 15 is 0 Å². The number of aromatic nitrogens is 2. The van der Waals surface area contributed by atoms with Gasteiger partial charge in [0.25, 0.3) is 5.56 Å². The summed E-state index contributed by atoms with van der Waals surface area (Å²) < 4.78 is 16.5. The fraction of sp³-hybridized carbons (Fsp3) is 0.611. The van der Waals surface area contributed by atoms with Crippen LogP contribution in [0.2, 0.25) is 0 Å². The van der Waals surface area contributed by atoms with Crippen LogP contribution in [0.3, 0.4) is 0 Å². The summed E-state index contributed by atoms with van der Waals surface area (Å²) in [6, 6.07) is -1.16. The van der Waals surface area contributed by atoms with Crippen molar-refractivity contribution in [3.05, 3.63) is 32.6 Å². The Balaban J connectivity index is 2.65. The molecule has 0 bridgehead atoms. The molecular formula is C18H25N3O8. The Labute approximate surface area is 166 Å². The minimum absolute atomic E-state index is 0.110. The zero-order valence-corrected chi connectivity index (χ0v) is 17.2. The highest BCUT2D eigenvalue weighted by molar-refractivity contribution is 5.82. The van der Waals surface area contributed by atoms with Crippen LogP contribution in [0.25, 0.3) is 0 Å². The predicted octanol–water partition coefficient (Wildman–Crippen LogP) is 0.458. The number of hydrogen-bond donors (Lipinski definition) is 1. The summed E-state index contributed by atoms with van der Waals surface area (Å²) in [5.74, 6) is -1.42. The Hall–Kier alpha value is -3.11. The molecule has 2 rings (SSSR count). The molecule has 11 nitrogen and oxygen atoms in total. The molecule has 1 aliphatic heterocycles. The molecule has 0 aromatic carbocycles. The van der Waals surface area contributed by atoms with Crippen LogP contribution < -0.4 is 11.2 Å². The van der Waals surface area contributed by atoms with Crippen LogP contribution in [0.1, 0.15) is 45.8 Å². The van der Waals surface area contributed by atoms with Crippen LogP contribution in [0, 0.1) is 6.92 Å². The highest BCUT2D eigenvalue weighted by Crippen LogP contribution is 2.36. The number of nitrogens with zero attached hydrogens (tertiary/aromatic N) is 2. The van der Waals surface area contributed by atoms with Gasteiger partial charge in [0.2, 0.25) is 0 Å². The highest BCUT2D eigenvalue weighted by atomic mass is 16.6. The normalized spacial score (nSPS) is 21.6. The number of amides is 1. The number of H-pyrrole nitrogens is 1. The summed E-state index contributed by atoms with van der Waals surface area (Å²) in [4.78, 5) is 64.3. The molecule has 0 unspecified atom stereocenters. The fourth-order valence-corrected chi connectivity index (χ4v) is 3.13. The third-order valence-corrected chi connectivity index (χ3v) is 4.23. The quantitative estimate of drug-likeness (QED) is 0.559. The van der Waals surface area contributed by atoms with Gasteiger partial charge in [-0.3, -0.25) is 24.0 Å². The molecule has 0 spiro atoms. The molecule has 1 N–H and O–H groups in total. The Bertz CT molecular complexity index is 926. The van der Waals surface area contributed by atoms with E-state index in [1.165, 1.54) is 20.0 Å². The topological polar surface area (TPSA) is 137 Å². The van der Waals surface area contributed by atoms with Crippen LogP contribution in [0.15, 0.2) is 15.8 Å². The first-order chi connectivity index (χ1) is 13.4. The third-order valence-electron chi connectivity index (χ3n) is 4.23. The number of aromatic amines is 1. The van der Waals surface area contributed by atoms with Crippen LogP contribution >= 0.6 is 0 Å². The van der Waals surface area contributed by atoms with Crippen LogP contribution in [-0.4, -0.2) is 57.3 Å². The van der Waals surface area contributed by atoms with Crippen molar-refractivity contribution >= 4 is 18.0 Å². The van der Waals surface area contributed by atoms with Gasteiger partial charge < -0.3 is 14.2 Å². The van der Waals surface area contributed by atoms with Crippen molar-refractivity contribution in [2.45, 2.75) is 65.0 Å². The molecule has 1 amide bonds. The maximum atomic E-state index is 12.9.